The first kappa shape index (κ1) is 69.7. The highest BCUT2D eigenvalue weighted by atomic mass is 16.6. The van der Waals surface area contributed by atoms with Crippen LogP contribution < -0.4 is 5.11 Å². The van der Waals surface area contributed by atoms with E-state index in [1.54, 1.807) is 34.9 Å². The second-order valence-corrected chi connectivity index (χ2v) is 14.1. The summed E-state index contributed by atoms with van der Waals surface area (Å²) in [7, 11) is 4.67. The fraction of sp³-hybridized carbons (Fsp3) is 0.750. The first-order chi connectivity index (χ1) is 21.9. The van der Waals surface area contributed by atoms with Gasteiger partial charge in [-0.3, -0.25) is 9.59 Å². The number of esters is 2. The van der Waals surface area contributed by atoms with Crippen LogP contribution in [0.2, 0.25) is 0 Å². The lowest BCUT2D eigenvalue weighted by molar-refractivity contribution is -0.901. The number of carbonyl (C=O) groups is 2. The van der Waals surface area contributed by atoms with Gasteiger partial charge in [0.1, 0.15) is 19.3 Å². The van der Waals surface area contributed by atoms with Gasteiger partial charge in [0.15, 0.2) is 0 Å². The first-order valence-corrected chi connectivity index (χ1v) is 16.6. The third kappa shape index (κ3) is 26.4. The molecule has 1 rings (SSSR count). The molecule has 2 N–H and O–H groups in total. The molecular weight excluding hydrogens is 700 g/mol. The molecule has 11 nitrogen and oxygen atoms in total. The van der Waals surface area contributed by atoms with E-state index in [0.29, 0.717) is 38.0 Å². The van der Waals surface area contributed by atoms with E-state index in [4.69, 9.17) is 18.9 Å². The summed E-state index contributed by atoms with van der Waals surface area (Å²) in [5, 5.41) is 35.8. The monoisotopic (exact) mass is 793 g/mol. The lowest BCUT2D eigenvalue weighted by Crippen LogP contribution is -2.43. The quantitative estimate of drug-likeness (QED) is 0.0223. The zero-order valence-electron chi connectivity index (χ0n) is 30.1. The molecule has 0 fully saturated rings. The minimum absolute atomic E-state index is 0. The van der Waals surface area contributed by atoms with Crippen LogP contribution >= 0.6 is 0 Å². The van der Waals surface area contributed by atoms with Gasteiger partial charge in [-0.15, -0.1) is 0 Å². The van der Waals surface area contributed by atoms with Crippen molar-refractivity contribution >= 4 is 18.0 Å². The maximum atomic E-state index is 13.2. The molecule has 55 heavy (non-hydrogen) atoms. The Kier molecular flexibility index (Phi) is 41.9. The van der Waals surface area contributed by atoms with E-state index in [-0.39, 0.29) is 95.0 Å². The van der Waals surface area contributed by atoms with Crippen LogP contribution in [-0.2, 0) is 28.5 Å². The largest absolute Gasteiger partial charge is 0.594 e. The second kappa shape index (κ2) is 33.0. The summed E-state index contributed by atoms with van der Waals surface area (Å²) >= 11 is 0. The Morgan fingerprint density at radius 2 is 1.40 bits per heavy atom. The van der Waals surface area contributed by atoms with Gasteiger partial charge in [0.25, 0.3) is 0 Å². The Morgan fingerprint density at radius 1 is 0.873 bits per heavy atom. The lowest BCUT2D eigenvalue weighted by atomic mass is 9.71. The van der Waals surface area contributed by atoms with Gasteiger partial charge >= 0.3 is 11.9 Å². The van der Waals surface area contributed by atoms with Crippen LogP contribution in [-0.4, -0.2) is 92.6 Å². The highest BCUT2D eigenvalue weighted by Crippen LogP contribution is 2.43. The predicted octanol–water partition coefficient (Wildman–Crippen LogP) is 9.60. The third-order valence-electron chi connectivity index (χ3n) is 8.28. The molecule has 0 saturated heterocycles. The fourth-order valence-electron chi connectivity index (χ4n) is 5.59. The number of hydrogen-bond acceptors (Lipinski definition) is 10. The van der Waals surface area contributed by atoms with Crippen molar-refractivity contribution in [2.45, 2.75) is 158 Å². The highest BCUT2D eigenvalue weighted by Gasteiger charge is 2.40. The van der Waals surface area contributed by atoms with E-state index < -0.39 is 41.7 Å². The minimum atomic E-state index is -1.23. The zero-order valence-corrected chi connectivity index (χ0v) is 30.1. The number of unbranched alkanes of at least 4 members (excludes halogenated alkanes) is 1. The number of benzene rings is 1. The summed E-state index contributed by atoms with van der Waals surface area (Å²) in [5.41, 5.74) is -0.693. The van der Waals surface area contributed by atoms with Crippen LogP contribution in [0.15, 0.2) is 47.8 Å². The van der Waals surface area contributed by atoms with Crippen molar-refractivity contribution in [3.8, 4) is 0 Å². The van der Waals surface area contributed by atoms with Crippen molar-refractivity contribution < 1.29 is 48.4 Å². The summed E-state index contributed by atoms with van der Waals surface area (Å²) < 4.78 is 21.4. The first-order valence-electron chi connectivity index (χ1n) is 16.6. The zero-order chi connectivity index (χ0) is 35.8. The lowest BCUT2D eigenvalue weighted by Gasteiger charge is -2.35. The number of quaternary nitrogens is 1. The normalized spacial score (nSPS) is 13.9. The number of nitrogens with zero attached hydrogens (tertiary/aromatic N) is 2. The number of carbonyl (C=O) groups excluding carboxylic acids is 2. The van der Waals surface area contributed by atoms with E-state index in [0.717, 1.165) is 18.4 Å². The second-order valence-electron chi connectivity index (χ2n) is 14.1. The molecule has 0 amide bonds. The van der Waals surface area contributed by atoms with Crippen molar-refractivity contribution in [1.82, 2.24) is 0 Å². The summed E-state index contributed by atoms with van der Waals surface area (Å²) in [4.78, 5) is 26.4. The fourth-order valence-corrected chi connectivity index (χ4v) is 5.59. The van der Waals surface area contributed by atoms with Crippen molar-refractivity contribution in [2.75, 3.05) is 47.6 Å². The number of aliphatic hydroxyl groups excluding tert-OH is 2. The van der Waals surface area contributed by atoms with Crippen LogP contribution in [0.5, 0.6) is 0 Å². The molecule has 0 bridgehead atoms. The van der Waals surface area contributed by atoms with Gasteiger partial charge in [-0.05, 0) is 71.3 Å². The Bertz CT molecular complexity index is 1140. The molecule has 0 aliphatic rings. The van der Waals surface area contributed by atoms with Gasteiger partial charge in [-0.2, -0.15) is 4.59 Å². The van der Waals surface area contributed by atoms with Gasteiger partial charge in [-0.1, -0.05) is 122 Å². The maximum Gasteiger partial charge on any atom is 0.311 e. The SMILES string of the molecule is C.C.C.C.C.C.C.C.C=C(OCCCC)C(C)CC(C)(CC(CCC(C)(C)C(=O)OCC(O)COC([O-])=N[N+](C)(C)CC(C)O)c1ccccc1)C(=O)OC. The summed E-state index contributed by atoms with van der Waals surface area (Å²) in [6.45, 7) is 15.3. The number of allylic oxidation sites excluding steroid dienone is 1. The van der Waals surface area contributed by atoms with E-state index >= 15 is 0 Å². The number of methoxy groups -OCH3 is 1. The van der Waals surface area contributed by atoms with Crippen LogP contribution in [0.3, 0.4) is 0 Å². The Morgan fingerprint density at radius 3 is 1.89 bits per heavy atom. The van der Waals surface area contributed by atoms with Gasteiger partial charge in [0.05, 0.1) is 50.5 Å². The van der Waals surface area contributed by atoms with Gasteiger partial charge in [-0.25, -0.2) is 0 Å². The molecule has 332 valence electrons. The van der Waals surface area contributed by atoms with Crippen LogP contribution in [0.25, 0.3) is 0 Å². The molecule has 5 atom stereocenters. The number of rotatable bonds is 22. The molecule has 0 aromatic heterocycles. The van der Waals surface area contributed by atoms with Crippen molar-refractivity contribution in [2.24, 2.45) is 21.8 Å². The molecule has 0 heterocycles. The number of likely N-dealkylation sites (N-methyl/N-ethyl adjacent to an activating group) is 1. The van der Waals surface area contributed by atoms with Crippen molar-refractivity contribution in [1.29, 1.82) is 0 Å². The van der Waals surface area contributed by atoms with Crippen LogP contribution in [0.1, 0.15) is 151 Å². The Labute approximate surface area is 341 Å². The molecule has 0 aliphatic heterocycles. The van der Waals surface area contributed by atoms with Crippen molar-refractivity contribution in [3.05, 3.63) is 48.2 Å². The smallest absolute Gasteiger partial charge is 0.311 e. The van der Waals surface area contributed by atoms with E-state index in [2.05, 4.69) is 18.6 Å². The molecule has 0 radical (unpaired) electrons. The maximum absolute atomic E-state index is 13.2. The molecule has 1 aromatic carbocycles. The van der Waals surface area contributed by atoms with E-state index in [1.165, 1.54) is 7.11 Å². The Balaban J connectivity index is -0.000000460. The molecule has 0 spiro atoms. The number of ether oxygens (including phenoxy) is 4. The Hall–Kier alpha value is -3.15. The van der Waals surface area contributed by atoms with Crippen LogP contribution in [0.4, 0.5) is 0 Å². The molecule has 0 aliphatic carbocycles. The standard InChI is InChI=1S/C36H60N2O9.8CH4/c1-11-12-20-45-28(4)26(2)21-36(7,33(42)44-10)22-30(29-16-14-13-15-17-29)18-19-35(5,6)32(41)46-24-31(40)25-47-34(43)37-38(8,9)23-27(3)39;;;;;;;;/h13-17,26-27,30-31,39-40H,4,11-12,18-25H2,1-3,5-10H3;8*1H4. The van der Waals surface area contributed by atoms with Crippen molar-refractivity contribution in [3.63, 3.8) is 0 Å². The molecule has 0 saturated carbocycles. The van der Waals surface area contributed by atoms with Gasteiger partial charge in [0.2, 0.25) is 6.08 Å². The predicted molar refractivity (Wildman–Crippen MR) is 234 cm³/mol. The number of hydrogen-bond donors (Lipinski definition) is 2. The average Bonchev–Trinajstić information content (AvgIpc) is 2.99. The third-order valence-corrected chi connectivity index (χ3v) is 8.28. The molecule has 1 aromatic rings. The average molecular weight is 793 g/mol. The van der Waals surface area contributed by atoms with Crippen LogP contribution in [0, 0.1) is 16.7 Å². The molecular formula is C44H92N2O9. The number of aliphatic hydroxyl groups is 2. The van der Waals surface area contributed by atoms with Gasteiger partial charge < -0.3 is 34.3 Å². The topological polar surface area (TPSA) is 147 Å². The highest BCUT2D eigenvalue weighted by molar-refractivity contribution is 5.77. The molecule has 11 heteroatoms. The minimum Gasteiger partial charge on any atom is -0.594 e. The van der Waals surface area contributed by atoms with E-state index in [9.17, 15) is 24.9 Å². The van der Waals surface area contributed by atoms with Gasteiger partial charge in [0, 0.05) is 12.5 Å². The summed E-state index contributed by atoms with van der Waals surface area (Å²) in [5.74, 6) is -0.302. The summed E-state index contributed by atoms with van der Waals surface area (Å²) in [6.07, 6.45) is 1.17. The summed E-state index contributed by atoms with van der Waals surface area (Å²) in [6, 6.07) is 9.90. The van der Waals surface area contributed by atoms with E-state index in [1.807, 2.05) is 44.2 Å². The molecule has 5 unspecified atom stereocenters.